The molecule has 2 heterocycles. The number of aliphatic hydroxyl groups is 1. The number of rotatable bonds is 10. The number of carbonyl (C=O) groups excluding carboxylic acids is 2. The van der Waals surface area contributed by atoms with Crippen LogP contribution in [-0.2, 0) is 14.3 Å². The average molecular weight is 511 g/mol. The van der Waals surface area contributed by atoms with Crippen LogP contribution in [-0.4, -0.2) is 84.8 Å². The monoisotopic (exact) mass is 510 g/mol. The second-order valence-corrected chi connectivity index (χ2v) is 9.11. The highest BCUT2D eigenvalue weighted by molar-refractivity contribution is 6.46. The fraction of sp³-hybridized carbons (Fsp3) is 0.429. The number of nitrogens with zero attached hydrogens (tertiary/aromatic N) is 2. The number of phenols is 1. The Morgan fingerprint density at radius 3 is 2.62 bits per heavy atom. The van der Waals surface area contributed by atoms with Gasteiger partial charge in [0, 0.05) is 31.7 Å². The number of morpholine rings is 1. The van der Waals surface area contributed by atoms with E-state index in [4.69, 9.17) is 14.2 Å². The zero-order valence-corrected chi connectivity index (χ0v) is 21.3. The van der Waals surface area contributed by atoms with E-state index in [0.29, 0.717) is 43.2 Å². The van der Waals surface area contributed by atoms with Gasteiger partial charge in [-0.3, -0.25) is 14.5 Å². The summed E-state index contributed by atoms with van der Waals surface area (Å²) in [5.41, 5.74) is 0.925. The molecule has 4 rings (SSSR count). The van der Waals surface area contributed by atoms with Crippen molar-refractivity contribution < 1.29 is 34.0 Å². The molecule has 0 aliphatic carbocycles. The first kappa shape index (κ1) is 26.5. The highest BCUT2D eigenvalue weighted by Gasteiger charge is 2.46. The van der Waals surface area contributed by atoms with Gasteiger partial charge in [-0.05, 0) is 36.2 Å². The molecule has 2 aliphatic heterocycles. The molecule has 2 aromatic carbocycles. The van der Waals surface area contributed by atoms with E-state index in [2.05, 4.69) is 11.8 Å². The van der Waals surface area contributed by atoms with Gasteiger partial charge < -0.3 is 29.3 Å². The van der Waals surface area contributed by atoms with Crippen molar-refractivity contribution in [1.29, 1.82) is 0 Å². The highest BCUT2D eigenvalue weighted by atomic mass is 16.5. The Morgan fingerprint density at radius 2 is 1.89 bits per heavy atom. The number of unbranched alkanes of at least 4 members (excludes halogenated alkanes) is 1. The van der Waals surface area contributed by atoms with E-state index in [1.54, 1.807) is 36.4 Å². The normalized spacial score (nSPS) is 19.8. The van der Waals surface area contributed by atoms with Gasteiger partial charge >= 0.3 is 0 Å². The number of benzene rings is 2. The predicted octanol–water partition coefficient (Wildman–Crippen LogP) is 3.33. The van der Waals surface area contributed by atoms with Crippen LogP contribution in [0.5, 0.6) is 17.2 Å². The Kier molecular flexibility index (Phi) is 8.68. The number of aliphatic hydroxyl groups excluding tert-OH is 1. The topological polar surface area (TPSA) is 109 Å². The smallest absolute Gasteiger partial charge is 0.295 e. The minimum Gasteiger partial charge on any atom is -0.507 e. The van der Waals surface area contributed by atoms with Crippen molar-refractivity contribution >= 4 is 17.4 Å². The third-order valence-corrected chi connectivity index (χ3v) is 6.69. The predicted molar refractivity (Wildman–Crippen MR) is 138 cm³/mol. The van der Waals surface area contributed by atoms with Crippen molar-refractivity contribution in [1.82, 2.24) is 9.80 Å². The van der Waals surface area contributed by atoms with Gasteiger partial charge in [-0.2, -0.15) is 0 Å². The number of hydrogen-bond acceptors (Lipinski definition) is 8. The maximum absolute atomic E-state index is 13.3. The Morgan fingerprint density at radius 1 is 1.11 bits per heavy atom. The minimum absolute atomic E-state index is 0.00886. The molecule has 198 valence electrons. The molecule has 2 fully saturated rings. The lowest BCUT2D eigenvalue weighted by Crippen LogP contribution is -2.42. The lowest BCUT2D eigenvalue weighted by molar-refractivity contribution is -0.140. The first-order chi connectivity index (χ1) is 17.9. The number of amides is 1. The quantitative estimate of drug-likeness (QED) is 0.217. The molecule has 0 saturated carbocycles. The molecule has 9 heteroatoms. The molecule has 1 amide bonds. The van der Waals surface area contributed by atoms with Gasteiger partial charge in [-0.1, -0.05) is 31.5 Å². The zero-order chi connectivity index (χ0) is 26.4. The number of Topliss-reactive ketones (excluding diaryl/α,β-unsaturated/α-hetero) is 1. The molecule has 2 aliphatic rings. The molecule has 0 aromatic heterocycles. The van der Waals surface area contributed by atoms with Gasteiger partial charge in [-0.25, -0.2) is 0 Å². The first-order valence-electron chi connectivity index (χ1n) is 12.6. The summed E-state index contributed by atoms with van der Waals surface area (Å²) < 4.78 is 16.5. The molecular weight excluding hydrogens is 476 g/mol. The van der Waals surface area contributed by atoms with E-state index in [1.165, 1.54) is 18.1 Å². The Labute approximate surface area is 216 Å². The second-order valence-electron chi connectivity index (χ2n) is 9.11. The first-order valence-corrected chi connectivity index (χ1v) is 12.6. The number of likely N-dealkylation sites (tertiary alicyclic amines) is 1. The summed E-state index contributed by atoms with van der Waals surface area (Å²) in [7, 11) is 1.43. The van der Waals surface area contributed by atoms with Gasteiger partial charge in [0.1, 0.15) is 11.5 Å². The van der Waals surface area contributed by atoms with Gasteiger partial charge in [0.05, 0.1) is 38.5 Å². The van der Waals surface area contributed by atoms with Crippen molar-refractivity contribution in [2.75, 3.05) is 53.1 Å². The Hall–Kier alpha value is -3.56. The summed E-state index contributed by atoms with van der Waals surface area (Å²) in [6.07, 6.45) is 1.89. The van der Waals surface area contributed by atoms with E-state index in [9.17, 15) is 19.8 Å². The standard InChI is InChI=1S/C28H34N2O7/c1-3-4-14-37-21-7-5-6-20(17-21)26(32)24-25(19-8-9-22(31)23(18-19)35-2)30(28(34)27(24)33)11-10-29-12-15-36-16-13-29/h5-9,17-18,25,31-32H,3-4,10-16H2,1-2H3. The average Bonchev–Trinajstić information content (AvgIpc) is 3.17. The number of carbonyl (C=O) groups is 2. The number of ether oxygens (including phenoxy) is 3. The van der Waals surface area contributed by atoms with Crippen LogP contribution >= 0.6 is 0 Å². The van der Waals surface area contributed by atoms with Crippen LogP contribution in [0.2, 0.25) is 0 Å². The molecule has 0 spiro atoms. The maximum Gasteiger partial charge on any atom is 0.295 e. The van der Waals surface area contributed by atoms with Crippen molar-refractivity contribution in [3.63, 3.8) is 0 Å². The third kappa shape index (κ3) is 5.89. The summed E-state index contributed by atoms with van der Waals surface area (Å²) >= 11 is 0. The van der Waals surface area contributed by atoms with Crippen LogP contribution in [0.25, 0.3) is 5.76 Å². The molecule has 2 aromatic rings. The highest BCUT2D eigenvalue weighted by Crippen LogP contribution is 2.42. The molecular formula is C28H34N2O7. The van der Waals surface area contributed by atoms with Crippen LogP contribution in [0.1, 0.15) is 36.9 Å². The fourth-order valence-electron chi connectivity index (χ4n) is 4.62. The lowest BCUT2D eigenvalue weighted by Gasteiger charge is -2.31. The summed E-state index contributed by atoms with van der Waals surface area (Å²) in [4.78, 5) is 30.2. The molecule has 1 unspecified atom stereocenters. The van der Waals surface area contributed by atoms with Crippen molar-refractivity contribution in [2.24, 2.45) is 0 Å². The molecule has 2 saturated heterocycles. The van der Waals surface area contributed by atoms with Crippen LogP contribution < -0.4 is 9.47 Å². The Bertz CT molecular complexity index is 1160. The van der Waals surface area contributed by atoms with E-state index < -0.39 is 17.7 Å². The number of aromatic hydroxyl groups is 1. The van der Waals surface area contributed by atoms with Gasteiger partial charge in [-0.15, -0.1) is 0 Å². The third-order valence-electron chi connectivity index (χ3n) is 6.69. The van der Waals surface area contributed by atoms with Crippen LogP contribution in [0, 0.1) is 0 Å². The van der Waals surface area contributed by atoms with Crippen LogP contribution in [0.3, 0.4) is 0 Å². The molecule has 0 radical (unpaired) electrons. The molecule has 0 bridgehead atoms. The van der Waals surface area contributed by atoms with E-state index in [0.717, 1.165) is 25.9 Å². The van der Waals surface area contributed by atoms with E-state index >= 15 is 0 Å². The fourth-order valence-corrected chi connectivity index (χ4v) is 4.62. The van der Waals surface area contributed by atoms with Crippen molar-refractivity contribution in [3.8, 4) is 17.2 Å². The van der Waals surface area contributed by atoms with Crippen molar-refractivity contribution in [2.45, 2.75) is 25.8 Å². The summed E-state index contributed by atoms with van der Waals surface area (Å²) in [6.45, 7) is 6.18. The number of methoxy groups -OCH3 is 1. The summed E-state index contributed by atoms with van der Waals surface area (Å²) in [5.74, 6) is -0.987. The molecule has 37 heavy (non-hydrogen) atoms. The Balaban J connectivity index is 1.73. The number of hydrogen-bond donors (Lipinski definition) is 2. The van der Waals surface area contributed by atoms with Gasteiger partial charge in [0.25, 0.3) is 11.7 Å². The summed E-state index contributed by atoms with van der Waals surface area (Å²) in [5, 5.41) is 21.5. The lowest BCUT2D eigenvalue weighted by atomic mass is 9.95. The second kappa shape index (κ2) is 12.1. The zero-order valence-electron chi connectivity index (χ0n) is 21.3. The number of phenolic OH excluding ortho intramolecular Hbond substituents is 1. The largest absolute Gasteiger partial charge is 0.507 e. The summed E-state index contributed by atoms with van der Waals surface area (Å²) in [6, 6.07) is 10.7. The van der Waals surface area contributed by atoms with Gasteiger partial charge in [0.15, 0.2) is 11.5 Å². The van der Waals surface area contributed by atoms with E-state index in [1.807, 2.05) is 0 Å². The van der Waals surface area contributed by atoms with Gasteiger partial charge in [0.2, 0.25) is 0 Å². The minimum atomic E-state index is -0.847. The van der Waals surface area contributed by atoms with Crippen LogP contribution in [0.4, 0.5) is 0 Å². The van der Waals surface area contributed by atoms with Crippen molar-refractivity contribution in [3.05, 3.63) is 59.2 Å². The van der Waals surface area contributed by atoms with E-state index in [-0.39, 0.29) is 29.4 Å². The number of ketones is 1. The molecule has 2 N–H and O–H groups in total. The molecule has 9 nitrogen and oxygen atoms in total. The van der Waals surface area contributed by atoms with Crippen LogP contribution in [0.15, 0.2) is 48.0 Å². The SMILES string of the molecule is CCCCOc1cccc(C(O)=C2C(=O)C(=O)N(CCN3CCOCC3)C2c2ccc(O)c(OC)c2)c1. The maximum atomic E-state index is 13.3. The molecule has 1 atom stereocenters.